The molecule has 7 heteroatoms. The van der Waals surface area contributed by atoms with Gasteiger partial charge in [0.05, 0.1) is 5.41 Å². The molecule has 3 N–H and O–H groups in total. The first-order chi connectivity index (χ1) is 12.3. The number of halogens is 3. The second-order valence-corrected chi connectivity index (χ2v) is 6.15. The molecule has 3 rings (SSSR count). The molecule has 0 radical (unpaired) electrons. The van der Waals surface area contributed by atoms with Crippen LogP contribution in [0.1, 0.15) is 17.5 Å². The van der Waals surface area contributed by atoms with Gasteiger partial charge in [0.25, 0.3) is 0 Å². The summed E-state index contributed by atoms with van der Waals surface area (Å²) in [5.74, 6) is -3.79. The molecule has 26 heavy (non-hydrogen) atoms. The van der Waals surface area contributed by atoms with E-state index in [4.69, 9.17) is 10.2 Å². The Bertz CT molecular complexity index is 767. The van der Waals surface area contributed by atoms with Gasteiger partial charge >= 0.3 is 5.97 Å². The number of carboxylic acids is 1. The third kappa shape index (κ3) is 4.23. The van der Waals surface area contributed by atoms with Crippen molar-refractivity contribution in [3.05, 3.63) is 71.0 Å². The summed E-state index contributed by atoms with van der Waals surface area (Å²) >= 11 is 0. The van der Waals surface area contributed by atoms with E-state index in [1.54, 1.807) is 12.1 Å². The first-order valence-corrected chi connectivity index (χ1v) is 8.04. The van der Waals surface area contributed by atoms with Crippen LogP contribution in [0.15, 0.2) is 42.5 Å². The molecule has 140 valence electrons. The average Bonchev–Trinajstić information content (AvgIpc) is 3.36. The molecule has 2 aromatic rings. The molecule has 0 aromatic heterocycles. The Kier molecular flexibility index (Phi) is 6.39. The molecule has 1 aliphatic rings. The zero-order chi connectivity index (χ0) is 19.3. The van der Waals surface area contributed by atoms with Crippen molar-refractivity contribution in [2.75, 3.05) is 13.7 Å². The van der Waals surface area contributed by atoms with Gasteiger partial charge in [-0.2, -0.15) is 0 Å². The molecule has 0 aliphatic heterocycles. The Labute approximate surface area is 149 Å². The van der Waals surface area contributed by atoms with Crippen LogP contribution in [0.5, 0.6) is 0 Å². The van der Waals surface area contributed by atoms with E-state index < -0.39 is 28.9 Å². The van der Waals surface area contributed by atoms with Gasteiger partial charge in [0.2, 0.25) is 0 Å². The Morgan fingerprint density at radius 3 is 2.27 bits per heavy atom. The van der Waals surface area contributed by atoms with Crippen molar-refractivity contribution in [2.24, 2.45) is 5.92 Å². The highest BCUT2D eigenvalue weighted by atomic mass is 19.2. The highest BCUT2D eigenvalue weighted by molar-refractivity contribution is 5.85. The quantitative estimate of drug-likeness (QED) is 0.760. The van der Waals surface area contributed by atoms with Gasteiger partial charge in [0.1, 0.15) is 5.82 Å². The van der Waals surface area contributed by atoms with Crippen molar-refractivity contribution in [3.63, 3.8) is 0 Å². The summed E-state index contributed by atoms with van der Waals surface area (Å²) in [4.78, 5) is 11.1. The van der Waals surface area contributed by atoms with Crippen molar-refractivity contribution in [1.29, 1.82) is 0 Å². The van der Waals surface area contributed by atoms with Gasteiger partial charge in [0.15, 0.2) is 11.6 Å². The number of aliphatic hydroxyl groups excluding tert-OH is 1. The maximum atomic E-state index is 13.0. The Morgan fingerprint density at radius 1 is 1.15 bits per heavy atom. The summed E-state index contributed by atoms with van der Waals surface area (Å²) in [5.41, 5.74) is 0.0605. The SMILES string of the molecule is CNCc1ccc(F)cc1.O=C(O)[C@@]1(c2ccc(F)c(F)c2)C[C@H]1CO. The van der Waals surface area contributed by atoms with Gasteiger partial charge in [-0.15, -0.1) is 0 Å². The second kappa shape index (κ2) is 8.33. The number of aliphatic carboxylic acids is 1. The lowest BCUT2D eigenvalue weighted by Crippen LogP contribution is -2.23. The predicted octanol–water partition coefficient (Wildman–Crippen LogP) is 2.84. The number of nitrogens with one attached hydrogen (secondary N) is 1. The smallest absolute Gasteiger partial charge is 0.314 e. The normalized spacial score (nSPS) is 20.9. The number of hydrogen-bond donors (Lipinski definition) is 3. The molecule has 0 saturated heterocycles. The molecule has 4 nitrogen and oxygen atoms in total. The summed E-state index contributed by atoms with van der Waals surface area (Å²) in [6, 6.07) is 9.51. The number of aliphatic hydroxyl groups is 1. The first-order valence-electron chi connectivity index (χ1n) is 8.04. The highest BCUT2D eigenvalue weighted by Gasteiger charge is 2.61. The van der Waals surface area contributed by atoms with Crippen LogP contribution in [0.25, 0.3) is 0 Å². The summed E-state index contributed by atoms with van der Waals surface area (Å²) in [6.07, 6.45) is 0.254. The van der Waals surface area contributed by atoms with E-state index in [0.29, 0.717) is 0 Å². The van der Waals surface area contributed by atoms with Crippen LogP contribution in [0.4, 0.5) is 13.2 Å². The lowest BCUT2D eigenvalue weighted by atomic mass is 9.93. The van der Waals surface area contributed by atoms with Crippen molar-refractivity contribution in [1.82, 2.24) is 5.32 Å². The Balaban J connectivity index is 0.000000209. The fourth-order valence-electron chi connectivity index (χ4n) is 2.87. The average molecular weight is 367 g/mol. The maximum absolute atomic E-state index is 13.0. The van der Waals surface area contributed by atoms with Gasteiger partial charge < -0.3 is 15.5 Å². The minimum absolute atomic E-state index is 0.181. The molecule has 1 saturated carbocycles. The highest BCUT2D eigenvalue weighted by Crippen LogP contribution is 2.54. The standard InChI is InChI=1S/C11H10F2O3.C8H10FN/c12-8-2-1-6(3-9(8)13)11(10(15)16)4-7(11)5-14;1-10-6-7-2-4-8(9)5-3-7/h1-3,7,14H,4-5H2,(H,15,16);2-5,10H,6H2,1H3/t7-,11+;/m0./s1. The second-order valence-electron chi connectivity index (χ2n) is 6.15. The van der Waals surface area contributed by atoms with Gasteiger partial charge in [-0.1, -0.05) is 18.2 Å². The lowest BCUT2D eigenvalue weighted by Gasteiger charge is -2.12. The summed E-state index contributed by atoms with van der Waals surface area (Å²) in [6.45, 7) is 0.519. The van der Waals surface area contributed by atoms with E-state index >= 15 is 0 Å². The van der Waals surface area contributed by atoms with E-state index in [1.165, 1.54) is 18.2 Å². The molecule has 0 unspecified atom stereocenters. The summed E-state index contributed by atoms with van der Waals surface area (Å²) in [5, 5.41) is 21.0. The van der Waals surface area contributed by atoms with Gasteiger partial charge in [-0.25, -0.2) is 13.2 Å². The number of hydrogen-bond acceptors (Lipinski definition) is 3. The van der Waals surface area contributed by atoms with Crippen molar-refractivity contribution >= 4 is 5.97 Å². The molecule has 0 bridgehead atoms. The van der Waals surface area contributed by atoms with Crippen LogP contribution in [0, 0.1) is 23.4 Å². The largest absolute Gasteiger partial charge is 0.481 e. The van der Waals surface area contributed by atoms with Crippen LogP contribution in [-0.2, 0) is 16.8 Å². The van der Waals surface area contributed by atoms with E-state index in [-0.39, 0.29) is 24.4 Å². The summed E-state index contributed by atoms with van der Waals surface area (Å²) < 4.78 is 38.0. The van der Waals surface area contributed by atoms with Gasteiger partial charge in [0, 0.05) is 19.1 Å². The zero-order valence-electron chi connectivity index (χ0n) is 14.2. The fraction of sp³-hybridized carbons (Fsp3) is 0.316. The van der Waals surface area contributed by atoms with E-state index in [1.807, 2.05) is 7.05 Å². The third-order valence-corrected chi connectivity index (χ3v) is 4.44. The van der Waals surface area contributed by atoms with Crippen LogP contribution in [0.2, 0.25) is 0 Å². The molecule has 2 aromatic carbocycles. The van der Waals surface area contributed by atoms with Gasteiger partial charge in [-0.05, 0) is 48.9 Å². The monoisotopic (exact) mass is 367 g/mol. The molecule has 0 spiro atoms. The number of carboxylic acid groups (broad SMARTS) is 1. The topological polar surface area (TPSA) is 69.6 Å². The number of benzene rings is 2. The Hall–Kier alpha value is -2.38. The molecule has 0 heterocycles. The molecule has 2 atom stereocenters. The minimum atomic E-state index is -1.25. The van der Waals surface area contributed by atoms with Crippen LogP contribution < -0.4 is 5.32 Å². The van der Waals surface area contributed by atoms with E-state index in [0.717, 1.165) is 24.2 Å². The van der Waals surface area contributed by atoms with E-state index in [2.05, 4.69) is 5.32 Å². The Morgan fingerprint density at radius 2 is 1.81 bits per heavy atom. The van der Waals surface area contributed by atoms with E-state index in [9.17, 15) is 18.0 Å². The number of carbonyl (C=O) groups is 1. The third-order valence-electron chi connectivity index (χ3n) is 4.44. The summed E-state index contributed by atoms with van der Waals surface area (Å²) in [7, 11) is 1.86. The molecule has 1 fully saturated rings. The molecular formula is C19H20F3NO3. The predicted molar refractivity (Wildman–Crippen MR) is 90.0 cm³/mol. The molecule has 1 aliphatic carbocycles. The molecule has 0 amide bonds. The molecular weight excluding hydrogens is 347 g/mol. The first kappa shape index (κ1) is 19.9. The van der Waals surface area contributed by atoms with Crippen molar-refractivity contribution in [2.45, 2.75) is 18.4 Å². The van der Waals surface area contributed by atoms with Gasteiger partial charge in [-0.3, -0.25) is 4.79 Å². The maximum Gasteiger partial charge on any atom is 0.314 e. The van der Waals surface area contributed by atoms with Crippen molar-refractivity contribution in [3.8, 4) is 0 Å². The minimum Gasteiger partial charge on any atom is -0.481 e. The van der Waals surface area contributed by atoms with Crippen molar-refractivity contribution < 1.29 is 28.2 Å². The zero-order valence-corrected chi connectivity index (χ0v) is 14.2. The van der Waals surface area contributed by atoms with Crippen LogP contribution in [-0.4, -0.2) is 29.8 Å². The van der Waals surface area contributed by atoms with Crippen LogP contribution in [0.3, 0.4) is 0 Å². The number of rotatable bonds is 5. The lowest BCUT2D eigenvalue weighted by molar-refractivity contribution is -0.140. The van der Waals surface area contributed by atoms with Crippen LogP contribution >= 0.6 is 0 Å². The fourth-order valence-corrected chi connectivity index (χ4v) is 2.87.